The van der Waals surface area contributed by atoms with Crippen LogP contribution < -0.4 is 20.1 Å². The second kappa shape index (κ2) is 9.84. The molecule has 0 bridgehead atoms. The van der Waals surface area contributed by atoms with Crippen LogP contribution in [0.1, 0.15) is 22.3 Å². The van der Waals surface area contributed by atoms with Gasteiger partial charge in [-0.25, -0.2) is 0 Å². The zero-order valence-electron chi connectivity index (χ0n) is 16.9. The van der Waals surface area contributed by atoms with Crippen molar-refractivity contribution in [2.75, 3.05) is 26.1 Å². The SMILES string of the molecule is COc1ccc(C(=O)NCCC(=O)Nc2nnc(-c3cccc(C)c3)s2)c(OC)c1. The minimum atomic E-state index is -0.333. The number of carbonyl (C=O) groups is 2. The molecule has 30 heavy (non-hydrogen) atoms. The molecule has 2 aromatic carbocycles. The number of ether oxygens (including phenoxy) is 2. The first kappa shape index (κ1) is 21.3. The Labute approximate surface area is 178 Å². The zero-order valence-corrected chi connectivity index (χ0v) is 17.7. The highest BCUT2D eigenvalue weighted by atomic mass is 32.1. The Morgan fingerprint density at radius 3 is 2.63 bits per heavy atom. The quantitative estimate of drug-likeness (QED) is 0.573. The molecule has 3 aromatic rings. The van der Waals surface area contributed by atoms with E-state index in [1.165, 1.54) is 25.6 Å². The number of carbonyl (C=O) groups excluding carboxylic acids is 2. The summed E-state index contributed by atoms with van der Waals surface area (Å²) in [7, 11) is 3.01. The van der Waals surface area contributed by atoms with Crippen LogP contribution in [-0.4, -0.2) is 42.8 Å². The van der Waals surface area contributed by atoms with E-state index < -0.39 is 0 Å². The van der Waals surface area contributed by atoms with Gasteiger partial charge in [0.25, 0.3) is 5.91 Å². The molecule has 0 fully saturated rings. The van der Waals surface area contributed by atoms with Gasteiger partial charge in [-0.05, 0) is 25.1 Å². The summed E-state index contributed by atoms with van der Waals surface area (Å²) in [6.45, 7) is 2.17. The number of hydrogen-bond acceptors (Lipinski definition) is 7. The van der Waals surface area contributed by atoms with Crippen LogP contribution in [0.25, 0.3) is 10.6 Å². The summed E-state index contributed by atoms with van der Waals surface area (Å²) in [5, 5.41) is 14.7. The van der Waals surface area contributed by atoms with Gasteiger partial charge in [0, 0.05) is 24.6 Å². The lowest BCUT2D eigenvalue weighted by Gasteiger charge is -2.10. The van der Waals surface area contributed by atoms with E-state index >= 15 is 0 Å². The minimum Gasteiger partial charge on any atom is -0.497 e. The topological polar surface area (TPSA) is 102 Å². The lowest BCUT2D eigenvalue weighted by Crippen LogP contribution is -2.28. The standard InChI is InChI=1S/C21H22N4O4S/c1-13-5-4-6-14(11-13)20-24-25-21(30-20)23-18(26)9-10-22-19(27)16-8-7-15(28-2)12-17(16)29-3/h4-8,11-12H,9-10H2,1-3H3,(H,22,27)(H,23,25,26). The molecule has 0 aliphatic carbocycles. The van der Waals surface area contributed by atoms with Gasteiger partial charge in [-0.15, -0.1) is 10.2 Å². The summed E-state index contributed by atoms with van der Waals surface area (Å²) in [6.07, 6.45) is 0.101. The van der Waals surface area contributed by atoms with Crippen LogP contribution in [0.5, 0.6) is 11.5 Å². The van der Waals surface area contributed by atoms with Crippen LogP contribution in [-0.2, 0) is 4.79 Å². The Hall–Kier alpha value is -3.46. The molecule has 8 nitrogen and oxygen atoms in total. The van der Waals surface area contributed by atoms with Gasteiger partial charge in [-0.1, -0.05) is 35.1 Å². The number of rotatable bonds is 8. The highest BCUT2D eigenvalue weighted by molar-refractivity contribution is 7.18. The average molecular weight is 426 g/mol. The summed E-state index contributed by atoms with van der Waals surface area (Å²) >= 11 is 1.30. The van der Waals surface area contributed by atoms with E-state index in [4.69, 9.17) is 9.47 Å². The molecule has 1 heterocycles. The number of aromatic nitrogens is 2. The normalized spacial score (nSPS) is 10.4. The van der Waals surface area contributed by atoms with Gasteiger partial charge in [-0.3, -0.25) is 9.59 Å². The molecule has 2 amide bonds. The molecule has 2 N–H and O–H groups in total. The van der Waals surface area contributed by atoms with Crippen molar-refractivity contribution in [2.24, 2.45) is 0 Å². The summed E-state index contributed by atoms with van der Waals surface area (Å²) in [4.78, 5) is 24.5. The third-order valence-corrected chi connectivity index (χ3v) is 5.12. The van der Waals surface area contributed by atoms with E-state index in [1.807, 2.05) is 31.2 Å². The van der Waals surface area contributed by atoms with Crippen molar-refractivity contribution in [3.63, 3.8) is 0 Å². The third-order valence-electron chi connectivity index (χ3n) is 4.23. The molecule has 156 valence electrons. The smallest absolute Gasteiger partial charge is 0.255 e. The molecular weight excluding hydrogens is 404 g/mol. The minimum absolute atomic E-state index is 0.101. The fourth-order valence-electron chi connectivity index (χ4n) is 2.72. The van der Waals surface area contributed by atoms with Crippen LogP contribution >= 0.6 is 11.3 Å². The number of hydrogen-bond donors (Lipinski definition) is 2. The average Bonchev–Trinajstić information content (AvgIpc) is 3.21. The molecule has 9 heteroatoms. The summed E-state index contributed by atoms with van der Waals surface area (Å²) in [5.41, 5.74) is 2.44. The summed E-state index contributed by atoms with van der Waals surface area (Å²) in [6, 6.07) is 12.8. The Bertz CT molecular complexity index is 1050. The van der Waals surface area contributed by atoms with E-state index in [9.17, 15) is 9.59 Å². The second-order valence-corrected chi connectivity index (χ2v) is 7.38. The van der Waals surface area contributed by atoms with Crippen LogP contribution in [0, 0.1) is 6.92 Å². The lowest BCUT2D eigenvalue weighted by atomic mass is 10.1. The zero-order chi connectivity index (χ0) is 21.5. The first-order valence-electron chi connectivity index (χ1n) is 9.20. The van der Waals surface area contributed by atoms with Crippen molar-refractivity contribution < 1.29 is 19.1 Å². The molecule has 0 unspecified atom stereocenters. The van der Waals surface area contributed by atoms with Crippen molar-refractivity contribution in [3.8, 4) is 22.1 Å². The lowest BCUT2D eigenvalue weighted by molar-refractivity contribution is -0.116. The fourth-order valence-corrected chi connectivity index (χ4v) is 3.48. The molecule has 3 rings (SSSR count). The predicted octanol–water partition coefficient (Wildman–Crippen LogP) is 3.29. The highest BCUT2D eigenvalue weighted by Gasteiger charge is 2.14. The van der Waals surface area contributed by atoms with Crippen LogP contribution in [0.3, 0.4) is 0 Å². The van der Waals surface area contributed by atoms with Gasteiger partial charge in [0.1, 0.15) is 16.5 Å². The van der Waals surface area contributed by atoms with Crippen molar-refractivity contribution in [2.45, 2.75) is 13.3 Å². The maximum Gasteiger partial charge on any atom is 0.255 e. The first-order chi connectivity index (χ1) is 14.5. The number of nitrogens with zero attached hydrogens (tertiary/aromatic N) is 2. The molecular formula is C21H22N4O4S. The number of amides is 2. The number of benzene rings is 2. The molecule has 0 atom stereocenters. The van der Waals surface area contributed by atoms with E-state index in [1.54, 1.807) is 18.2 Å². The van der Waals surface area contributed by atoms with Crippen molar-refractivity contribution in [1.82, 2.24) is 15.5 Å². The number of anilines is 1. The Kier molecular flexibility index (Phi) is 6.97. The Morgan fingerprint density at radius 1 is 1.07 bits per heavy atom. The van der Waals surface area contributed by atoms with Crippen molar-refractivity contribution >= 4 is 28.3 Å². The molecule has 0 saturated carbocycles. The molecule has 0 radical (unpaired) electrons. The highest BCUT2D eigenvalue weighted by Crippen LogP contribution is 2.27. The molecule has 1 aromatic heterocycles. The molecule has 0 aliphatic heterocycles. The monoisotopic (exact) mass is 426 g/mol. The Balaban J connectivity index is 1.51. The van der Waals surface area contributed by atoms with Crippen LogP contribution in [0.2, 0.25) is 0 Å². The maximum absolute atomic E-state index is 12.4. The largest absolute Gasteiger partial charge is 0.497 e. The van der Waals surface area contributed by atoms with Gasteiger partial charge in [0.2, 0.25) is 11.0 Å². The van der Waals surface area contributed by atoms with E-state index in [0.29, 0.717) is 22.2 Å². The summed E-state index contributed by atoms with van der Waals surface area (Å²) in [5.74, 6) is 0.391. The summed E-state index contributed by atoms with van der Waals surface area (Å²) < 4.78 is 10.3. The molecule has 0 spiro atoms. The van der Waals surface area contributed by atoms with E-state index in [0.717, 1.165) is 16.1 Å². The van der Waals surface area contributed by atoms with Gasteiger partial charge >= 0.3 is 0 Å². The van der Waals surface area contributed by atoms with Crippen molar-refractivity contribution in [3.05, 3.63) is 53.6 Å². The molecule has 0 saturated heterocycles. The van der Waals surface area contributed by atoms with Gasteiger partial charge in [0.05, 0.1) is 19.8 Å². The van der Waals surface area contributed by atoms with E-state index in [2.05, 4.69) is 20.8 Å². The number of nitrogens with one attached hydrogen (secondary N) is 2. The van der Waals surface area contributed by atoms with Gasteiger partial charge < -0.3 is 20.1 Å². The van der Waals surface area contributed by atoms with Gasteiger partial charge in [-0.2, -0.15) is 0 Å². The second-order valence-electron chi connectivity index (χ2n) is 6.40. The maximum atomic E-state index is 12.4. The molecule has 0 aliphatic rings. The van der Waals surface area contributed by atoms with Crippen molar-refractivity contribution in [1.29, 1.82) is 0 Å². The fraction of sp³-hybridized carbons (Fsp3) is 0.238. The third kappa shape index (κ3) is 5.32. The number of methoxy groups -OCH3 is 2. The van der Waals surface area contributed by atoms with Gasteiger partial charge in [0.15, 0.2) is 0 Å². The van der Waals surface area contributed by atoms with Crippen LogP contribution in [0.4, 0.5) is 5.13 Å². The van der Waals surface area contributed by atoms with E-state index in [-0.39, 0.29) is 24.8 Å². The first-order valence-corrected chi connectivity index (χ1v) is 10.0. The van der Waals surface area contributed by atoms with Crippen LogP contribution in [0.15, 0.2) is 42.5 Å². The number of aryl methyl sites for hydroxylation is 1. The Morgan fingerprint density at radius 2 is 1.90 bits per heavy atom. The predicted molar refractivity (Wildman–Crippen MR) is 115 cm³/mol.